The molecule has 0 aliphatic carbocycles. The van der Waals surface area contributed by atoms with E-state index in [0.29, 0.717) is 11.4 Å². The lowest BCUT2D eigenvalue weighted by Crippen LogP contribution is -2.25. The molecule has 0 aliphatic heterocycles. The number of hydrogen-bond acceptors (Lipinski definition) is 4. The largest absolute Gasteiger partial charge is 0.457 e. The van der Waals surface area contributed by atoms with E-state index < -0.39 is 7.92 Å². The maximum absolute atomic E-state index is 6.56. The van der Waals surface area contributed by atoms with Gasteiger partial charge in [0.05, 0.1) is 0 Å². The molecule has 0 amide bonds. The van der Waals surface area contributed by atoms with Crippen molar-refractivity contribution in [1.82, 2.24) is 0 Å². The number of rotatable bonds is 7. The lowest BCUT2D eigenvalue weighted by molar-refractivity contribution is 0.483. The van der Waals surface area contributed by atoms with Gasteiger partial charge in [-0.2, -0.15) is 0 Å². The zero-order chi connectivity index (χ0) is 24.0. The highest BCUT2D eigenvalue weighted by Crippen LogP contribution is 2.40. The van der Waals surface area contributed by atoms with Crippen LogP contribution in [0.1, 0.15) is 0 Å². The van der Waals surface area contributed by atoms with Crippen LogP contribution in [0.15, 0.2) is 127 Å². The van der Waals surface area contributed by atoms with E-state index in [0.717, 1.165) is 38.9 Å². The minimum atomic E-state index is -1.08. The Labute approximate surface area is 206 Å². The van der Waals surface area contributed by atoms with E-state index in [9.17, 15) is 0 Å². The first-order valence-electron chi connectivity index (χ1n) is 11.3. The third kappa shape index (κ3) is 5.29. The van der Waals surface area contributed by atoms with Gasteiger partial charge in [-0.1, -0.05) is 66.7 Å². The van der Waals surface area contributed by atoms with Crippen LogP contribution in [0.25, 0.3) is 0 Å². The van der Waals surface area contributed by atoms with Crippen LogP contribution in [-0.2, 0) is 0 Å². The molecule has 35 heavy (non-hydrogen) atoms. The van der Waals surface area contributed by atoms with E-state index in [1.54, 1.807) is 0 Å². The highest BCUT2D eigenvalue weighted by molar-refractivity contribution is 7.80. The molecule has 0 bridgehead atoms. The summed E-state index contributed by atoms with van der Waals surface area (Å²) in [6, 6.07) is 41.3. The van der Waals surface area contributed by atoms with Crippen molar-refractivity contribution in [2.75, 3.05) is 11.5 Å². The van der Waals surface area contributed by atoms with Gasteiger partial charge >= 0.3 is 0 Å². The van der Waals surface area contributed by atoms with E-state index in [4.69, 9.17) is 20.9 Å². The quantitative estimate of drug-likeness (QED) is 0.217. The Bertz CT molecular complexity index is 1320. The molecule has 5 aromatic rings. The molecule has 0 spiro atoms. The minimum Gasteiger partial charge on any atom is -0.457 e. The van der Waals surface area contributed by atoms with Gasteiger partial charge in [-0.25, -0.2) is 0 Å². The van der Waals surface area contributed by atoms with Crippen molar-refractivity contribution in [2.45, 2.75) is 0 Å². The van der Waals surface area contributed by atoms with Crippen LogP contribution in [0, 0.1) is 0 Å². The van der Waals surface area contributed by atoms with Crippen LogP contribution in [0.2, 0.25) is 0 Å². The minimum absolute atomic E-state index is 0.689. The first-order chi connectivity index (χ1) is 17.2. The summed E-state index contributed by atoms with van der Waals surface area (Å²) < 4.78 is 12.3. The molecule has 0 atom stereocenters. The van der Waals surface area contributed by atoms with Crippen molar-refractivity contribution in [1.29, 1.82) is 0 Å². The van der Waals surface area contributed by atoms with Gasteiger partial charge in [0.25, 0.3) is 0 Å². The van der Waals surface area contributed by atoms with Crippen molar-refractivity contribution < 1.29 is 9.47 Å². The number of benzene rings is 5. The predicted molar refractivity (Wildman–Crippen MR) is 147 cm³/mol. The fourth-order valence-corrected chi connectivity index (χ4v) is 6.26. The molecule has 0 unspecified atom stereocenters. The molecule has 4 nitrogen and oxygen atoms in total. The summed E-state index contributed by atoms with van der Waals surface area (Å²) in [4.78, 5) is 0. The van der Waals surface area contributed by atoms with Crippen LogP contribution in [0.4, 0.5) is 11.4 Å². The summed E-state index contributed by atoms with van der Waals surface area (Å²) in [5.74, 6) is 2.98. The van der Waals surface area contributed by atoms with E-state index in [1.165, 1.54) is 0 Å². The molecule has 0 aromatic heterocycles. The number of nitrogens with two attached hydrogens (primary N) is 2. The molecule has 172 valence electrons. The summed E-state index contributed by atoms with van der Waals surface area (Å²) in [5.41, 5.74) is 14.5. The van der Waals surface area contributed by atoms with Gasteiger partial charge in [-0.3, -0.25) is 0 Å². The third-order valence-electron chi connectivity index (χ3n) is 5.46. The average Bonchev–Trinajstić information content (AvgIpc) is 2.90. The second kappa shape index (κ2) is 10.3. The topological polar surface area (TPSA) is 70.5 Å². The Morgan fingerprint density at radius 1 is 0.429 bits per heavy atom. The number of hydrogen-bond donors (Lipinski definition) is 2. The monoisotopic (exact) mass is 476 g/mol. The Hall–Kier alpha value is -4.27. The maximum Gasteiger partial charge on any atom is 0.128 e. The first kappa shape index (κ1) is 22.5. The lowest BCUT2D eigenvalue weighted by atomic mass is 10.3. The second-order valence-electron chi connectivity index (χ2n) is 7.94. The van der Waals surface area contributed by atoms with Crippen molar-refractivity contribution >= 4 is 35.2 Å². The van der Waals surface area contributed by atoms with Crippen LogP contribution in [-0.4, -0.2) is 0 Å². The van der Waals surface area contributed by atoms with Gasteiger partial charge in [0, 0.05) is 22.0 Å². The van der Waals surface area contributed by atoms with Crippen molar-refractivity contribution in [3.8, 4) is 23.0 Å². The fourth-order valence-electron chi connectivity index (χ4n) is 3.80. The predicted octanol–water partition coefficient (Wildman–Crippen LogP) is 6.19. The number of para-hydroxylation sites is 2. The summed E-state index contributed by atoms with van der Waals surface area (Å²) >= 11 is 0. The summed E-state index contributed by atoms with van der Waals surface area (Å²) in [5, 5.41) is 3.08. The highest BCUT2D eigenvalue weighted by Gasteiger charge is 2.23. The van der Waals surface area contributed by atoms with Gasteiger partial charge in [-0.15, -0.1) is 0 Å². The summed E-state index contributed by atoms with van der Waals surface area (Å²) in [6.07, 6.45) is 0. The van der Waals surface area contributed by atoms with E-state index in [-0.39, 0.29) is 0 Å². The van der Waals surface area contributed by atoms with Crippen molar-refractivity contribution in [3.05, 3.63) is 127 Å². The molecule has 0 aliphatic rings. The highest BCUT2D eigenvalue weighted by atomic mass is 31.1. The first-order valence-corrected chi connectivity index (χ1v) is 12.6. The molecule has 4 N–H and O–H groups in total. The van der Waals surface area contributed by atoms with E-state index in [1.807, 2.05) is 115 Å². The molecule has 5 rings (SSSR count). The Balaban J connectivity index is 1.59. The van der Waals surface area contributed by atoms with Crippen LogP contribution in [0.5, 0.6) is 23.0 Å². The molecular formula is C30H25N2O2P. The van der Waals surface area contributed by atoms with Gasteiger partial charge in [0.2, 0.25) is 0 Å². The zero-order valence-electron chi connectivity index (χ0n) is 19.0. The molecule has 5 aromatic carbocycles. The Morgan fingerprint density at radius 2 is 0.829 bits per heavy atom. The standard InChI is InChI=1S/C30H25N2O2P/c31-27-18-16-24(33-22-10-4-1-5-11-22)20-29(27)35(26-14-8-3-9-15-26)30-21-25(17-19-28(30)32)34-23-12-6-2-7-13-23/h1-21H,31-32H2. The average molecular weight is 477 g/mol. The van der Waals surface area contributed by atoms with Crippen LogP contribution >= 0.6 is 7.92 Å². The SMILES string of the molecule is Nc1ccc(Oc2ccccc2)cc1P(c1ccccc1)c1cc(Oc2ccccc2)ccc1N. The smallest absolute Gasteiger partial charge is 0.128 e. The number of nitrogen functional groups attached to an aromatic ring is 2. The molecule has 0 radical (unpaired) electrons. The molecule has 0 heterocycles. The number of anilines is 2. The normalized spacial score (nSPS) is 10.8. The maximum atomic E-state index is 6.56. The molecular weight excluding hydrogens is 451 g/mol. The van der Waals surface area contributed by atoms with Crippen molar-refractivity contribution in [3.63, 3.8) is 0 Å². The number of ether oxygens (including phenoxy) is 2. The van der Waals surface area contributed by atoms with E-state index in [2.05, 4.69) is 12.1 Å². The summed E-state index contributed by atoms with van der Waals surface area (Å²) in [7, 11) is -1.08. The molecule has 0 fully saturated rings. The van der Waals surface area contributed by atoms with E-state index >= 15 is 0 Å². The van der Waals surface area contributed by atoms with Gasteiger partial charge < -0.3 is 20.9 Å². The molecule has 0 saturated heterocycles. The lowest BCUT2D eigenvalue weighted by Gasteiger charge is -2.23. The Kier molecular flexibility index (Phi) is 6.65. The fraction of sp³-hybridized carbons (Fsp3) is 0. The molecule has 5 heteroatoms. The molecule has 0 saturated carbocycles. The van der Waals surface area contributed by atoms with Gasteiger partial charge in [0.1, 0.15) is 23.0 Å². The summed E-state index contributed by atoms with van der Waals surface area (Å²) in [6.45, 7) is 0. The van der Waals surface area contributed by atoms with Gasteiger partial charge in [-0.05, 0) is 73.9 Å². The van der Waals surface area contributed by atoms with Crippen LogP contribution in [0.3, 0.4) is 0 Å². The Morgan fingerprint density at radius 3 is 1.26 bits per heavy atom. The van der Waals surface area contributed by atoms with Gasteiger partial charge in [0.15, 0.2) is 0 Å². The zero-order valence-corrected chi connectivity index (χ0v) is 19.9. The van der Waals surface area contributed by atoms with Crippen LogP contribution < -0.4 is 36.9 Å². The third-order valence-corrected chi connectivity index (χ3v) is 8.01. The van der Waals surface area contributed by atoms with Crippen molar-refractivity contribution in [2.24, 2.45) is 0 Å². The second-order valence-corrected chi connectivity index (χ2v) is 10.1.